The highest BCUT2D eigenvalue weighted by Crippen LogP contribution is 2.25. The first kappa shape index (κ1) is 13.2. The minimum absolute atomic E-state index is 0.174. The number of benzene rings is 1. The number of anilines is 1. The van der Waals surface area contributed by atoms with Gasteiger partial charge in [0.05, 0.1) is 10.6 Å². The Morgan fingerprint density at radius 2 is 1.72 bits per heavy atom. The largest absolute Gasteiger partial charge is 0.478 e. The molecule has 1 aliphatic heterocycles. The van der Waals surface area contributed by atoms with Gasteiger partial charge in [-0.25, -0.2) is 4.79 Å². The quantitative estimate of drug-likeness (QED) is 0.886. The van der Waals surface area contributed by atoms with Crippen LogP contribution in [0.1, 0.15) is 42.5 Å². The Labute approximate surface area is 112 Å². The molecule has 0 aliphatic carbocycles. The topological polar surface area (TPSA) is 40.5 Å². The molecule has 0 aromatic heterocycles. The number of aromatic carboxylic acids is 1. The number of rotatable bonds is 2. The lowest BCUT2D eigenvalue weighted by molar-refractivity contribution is 0.0697. The zero-order chi connectivity index (χ0) is 13.0. The van der Waals surface area contributed by atoms with Crippen molar-refractivity contribution in [2.24, 2.45) is 0 Å². The van der Waals surface area contributed by atoms with Crippen molar-refractivity contribution in [3.63, 3.8) is 0 Å². The fraction of sp³-hybridized carbons (Fsp3) is 0.500. The maximum atomic E-state index is 10.9. The highest BCUT2D eigenvalue weighted by atomic mass is 35.5. The van der Waals surface area contributed by atoms with Crippen LogP contribution in [0.4, 0.5) is 5.69 Å². The molecule has 18 heavy (non-hydrogen) atoms. The van der Waals surface area contributed by atoms with Crippen molar-refractivity contribution in [3.05, 3.63) is 28.8 Å². The summed E-state index contributed by atoms with van der Waals surface area (Å²) in [7, 11) is 0. The molecule has 1 aliphatic rings. The Balaban J connectivity index is 2.16. The third-order valence-electron chi connectivity index (χ3n) is 3.40. The van der Waals surface area contributed by atoms with Crippen LogP contribution in [0.2, 0.25) is 5.02 Å². The van der Waals surface area contributed by atoms with Crippen LogP contribution in [-0.4, -0.2) is 24.2 Å². The van der Waals surface area contributed by atoms with Gasteiger partial charge >= 0.3 is 5.97 Å². The van der Waals surface area contributed by atoms with Crippen LogP contribution in [0.5, 0.6) is 0 Å². The molecule has 1 aromatic rings. The number of carbonyl (C=O) groups is 1. The Kier molecular flexibility index (Phi) is 4.48. The molecular weight excluding hydrogens is 250 g/mol. The average Bonchev–Trinajstić information content (AvgIpc) is 2.27. The average molecular weight is 268 g/mol. The van der Waals surface area contributed by atoms with E-state index in [0.29, 0.717) is 5.02 Å². The van der Waals surface area contributed by atoms with E-state index in [1.807, 2.05) is 6.07 Å². The lowest BCUT2D eigenvalue weighted by atomic mass is 10.1. The van der Waals surface area contributed by atoms with Crippen LogP contribution in [-0.2, 0) is 0 Å². The number of hydrogen-bond acceptors (Lipinski definition) is 2. The summed E-state index contributed by atoms with van der Waals surface area (Å²) >= 11 is 6.01. The van der Waals surface area contributed by atoms with Gasteiger partial charge in [0.15, 0.2) is 0 Å². The smallest absolute Gasteiger partial charge is 0.337 e. The molecule has 0 radical (unpaired) electrons. The highest BCUT2D eigenvalue weighted by Gasteiger charge is 2.13. The van der Waals surface area contributed by atoms with E-state index < -0.39 is 5.97 Å². The van der Waals surface area contributed by atoms with Gasteiger partial charge in [-0.3, -0.25) is 0 Å². The van der Waals surface area contributed by atoms with Crippen molar-refractivity contribution in [2.45, 2.75) is 32.1 Å². The molecule has 1 fully saturated rings. The molecule has 1 aromatic carbocycles. The monoisotopic (exact) mass is 267 g/mol. The van der Waals surface area contributed by atoms with E-state index in [1.54, 1.807) is 12.1 Å². The minimum atomic E-state index is -0.973. The standard InChI is InChI=1S/C14H18ClNO2/c15-13-10-11(6-7-12(13)14(17)18)16-8-4-2-1-3-5-9-16/h6-7,10H,1-5,8-9H2,(H,17,18). The molecule has 3 nitrogen and oxygen atoms in total. The summed E-state index contributed by atoms with van der Waals surface area (Å²) in [6.45, 7) is 2.06. The number of carboxylic acids is 1. The summed E-state index contributed by atoms with van der Waals surface area (Å²) in [4.78, 5) is 13.2. The van der Waals surface area contributed by atoms with Crippen molar-refractivity contribution in [1.82, 2.24) is 0 Å². The van der Waals surface area contributed by atoms with Gasteiger partial charge in [0, 0.05) is 18.8 Å². The maximum absolute atomic E-state index is 10.9. The first-order chi connectivity index (χ1) is 8.68. The Morgan fingerprint density at radius 3 is 2.28 bits per heavy atom. The molecule has 1 saturated heterocycles. The Morgan fingerprint density at radius 1 is 1.11 bits per heavy atom. The van der Waals surface area contributed by atoms with Gasteiger partial charge in [-0.2, -0.15) is 0 Å². The second-order valence-electron chi connectivity index (χ2n) is 4.72. The summed E-state index contributed by atoms with van der Waals surface area (Å²) in [6, 6.07) is 5.22. The summed E-state index contributed by atoms with van der Waals surface area (Å²) in [5.41, 5.74) is 1.21. The molecule has 1 N–H and O–H groups in total. The van der Waals surface area contributed by atoms with Crippen LogP contribution in [0.15, 0.2) is 18.2 Å². The zero-order valence-corrected chi connectivity index (χ0v) is 11.1. The van der Waals surface area contributed by atoms with Crippen LogP contribution < -0.4 is 4.90 Å². The van der Waals surface area contributed by atoms with E-state index in [4.69, 9.17) is 16.7 Å². The van der Waals surface area contributed by atoms with E-state index in [9.17, 15) is 4.79 Å². The van der Waals surface area contributed by atoms with Gasteiger partial charge in [0.2, 0.25) is 0 Å². The molecule has 2 rings (SSSR count). The molecule has 0 amide bonds. The summed E-state index contributed by atoms with van der Waals surface area (Å²) in [5, 5.41) is 9.27. The molecule has 0 atom stereocenters. The first-order valence-corrected chi connectivity index (χ1v) is 6.84. The summed E-state index contributed by atoms with van der Waals surface area (Å²) in [5.74, 6) is -0.973. The van der Waals surface area contributed by atoms with Crippen molar-refractivity contribution < 1.29 is 9.90 Å². The Bertz CT molecular complexity index is 426. The normalized spacial score (nSPS) is 17.1. The van der Waals surface area contributed by atoms with E-state index >= 15 is 0 Å². The van der Waals surface area contributed by atoms with E-state index in [1.165, 1.54) is 32.1 Å². The van der Waals surface area contributed by atoms with Crippen molar-refractivity contribution in [3.8, 4) is 0 Å². The molecule has 1 heterocycles. The van der Waals surface area contributed by atoms with Crippen LogP contribution >= 0.6 is 11.6 Å². The third-order valence-corrected chi connectivity index (χ3v) is 3.72. The van der Waals surface area contributed by atoms with Crippen molar-refractivity contribution >= 4 is 23.3 Å². The lowest BCUT2D eigenvalue weighted by Crippen LogP contribution is -2.27. The molecule has 0 saturated carbocycles. The second kappa shape index (κ2) is 6.10. The number of carboxylic acid groups (broad SMARTS) is 1. The lowest BCUT2D eigenvalue weighted by Gasteiger charge is -2.27. The molecule has 0 bridgehead atoms. The summed E-state index contributed by atoms with van der Waals surface area (Å²) < 4.78 is 0. The van der Waals surface area contributed by atoms with Gasteiger partial charge in [-0.15, -0.1) is 0 Å². The second-order valence-corrected chi connectivity index (χ2v) is 5.13. The molecular formula is C14H18ClNO2. The molecule has 4 heteroatoms. The fourth-order valence-corrected chi connectivity index (χ4v) is 2.64. The Hall–Kier alpha value is -1.22. The molecule has 98 valence electrons. The van der Waals surface area contributed by atoms with E-state index in [0.717, 1.165) is 18.8 Å². The van der Waals surface area contributed by atoms with Gasteiger partial charge in [0.1, 0.15) is 0 Å². The minimum Gasteiger partial charge on any atom is -0.478 e. The van der Waals surface area contributed by atoms with Gasteiger partial charge in [-0.1, -0.05) is 30.9 Å². The third kappa shape index (κ3) is 3.16. The fourth-order valence-electron chi connectivity index (χ4n) is 2.38. The molecule has 0 spiro atoms. The SMILES string of the molecule is O=C(O)c1ccc(N2CCCCCCC2)cc1Cl. The predicted molar refractivity (Wildman–Crippen MR) is 73.7 cm³/mol. The van der Waals surface area contributed by atoms with E-state index in [-0.39, 0.29) is 5.56 Å². The van der Waals surface area contributed by atoms with E-state index in [2.05, 4.69) is 4.90 Å². The zero-order valence-electron chi connectivity index (χ0n) is 10.4. The van der Waals surface area contributed by atoms with Gasteiger partial charge in [0.25, 0.3) is 0 Å². The van der Waals surface area contributed by atoms with Crippen molar-refractivity contribution in [1.29, 1.82) is 0 Å². The predicted octanol–water partition coefficient (Wildman–Crippen LogP) is 3.81. The first-order valence-electron chi connectivity index (χ1n) is 6.46. The van der Waals surface area contributed by atoms with Crippen LogP contribution in [0.25, 0.3) is 0 Å². The highest BCUT2D eigenvalue weighted by molar-refractivity contribution is 6.33. The maximum Gasteiger partial charge on any atom is 0.337 e. The number of nitrogens with zero attached hydrogens (tertiary/aromatic N) is 1. The number of halogens is 1. The van der Waals surface area contributed by atoms with Crippen LogP contribution in [0, 0.1) is 0 Å². The molecule has 0 unspecified atom stereocenters. The summed E-state index contributed by atoms with van der Waals surface area (Å²) in [6.07, 6.45) is 6.26. The van der Waals surface area contributed by atoms with Crippen LogP contribution in [0.3, 0.4) is 0 Å². The van der Waals surface area contributed by atoms with Gasteiger partial charge in [-0.05, 0) is 31.0 Å². The number of hydrogen-bond donors (Lipinski definition) is 1. The van der Waals surface area contributed by atoms with Crippen molar-refractivity contribution in [2.75, 3.05) is 18.0 Å². The van der Waals surface area contributed by atoms with Gasteiger partial charge < -0.3 is 10.0 Å².